The van der Waals surface area contributed by atoms with E-state index < -0.39 is 0 Å². The number of amides is 2. The molecule has 184 valence electrons. The number of rotatable bonds is 11. The normalized spacial score (nSPS) is 11.8. The van der Waals surface area contributed by atoms with Crippen molar-refractivity contribution in [3.05, 3.63) is 81.2 Å². The number of thioether (sulfide) groups is 1. The van der Waals surface area contributed by atoms with Gasteiger partial charge in [-0.2, -0.15) is 0 Å². The lowest BCUT2D eigenvalue weighted by Crippen LogP contribution is -2.32. The van der Waals surface area contributed by atoms with E-state index in [9.17, 15) is 9.59 Å². The molecule has 0 unspecified atom stereocenters. The van der Waals surface area contributed by atoms with Crippen LogP contribution < -0.4 is 10.6 Å². The Morgan fingerprint density at radius 2 is 1.89 bits per heavy atom. The van der Waals surface area contributed by atoms with E-state index in [0.717, 1.165) is 9.26 Å². The molecule has 7 nitrogen and oxygen atoms in total. The molecule has 0 fully saturated rings. The molecule has 3 rings (SSSR count). The number of allylic oxidation sites excluding steroid dienone is 1. The number of aromatic nitrogens is 3. The number of hydrogen-bond acceptors (Lipinski definition) is 5. The van der Waals surface area contributed by atoms with Crippen molar-refractivity contribution in [3.63, 3.8) is 0 Å². The Balaban J connectivity index is 1.77. The summed E-state index contributed by atoms with van der Waals surface area (Å²) in [7, 11) is 0. The lowest BCUT2D eigenvalue weighted by Gasteiger charge is -2.21. The number of nitrogens with zero attached hydrogens (tertiary/aromatic N) is 3. The first kappa shape index (κ1) is 27.2. The van der Waals surface area contributed by atoms with Gasteiger partial charge < -0.3 is 15.2 Å². The van der Waals surface area contributed by atoms with E-state index in [1.54, 1.807) is 30.3 Å². The van der Waals surface area contributed by atoms with Crippen LogP contribution >= 0.6 is 46.0 Å². The Kier molecular flexibility index (Phi) is 10.2. The third-order valence-electron chi connectivity index (χ3n) is 4.96. The predicted octanol–water partition coefficient (Wildman–Crippen LogP) is 5.97. The maximum atomic E-state index is 13.0. The van der Waals surface area contributed by atoms with Crippen LogP contribution in [-0.4, -0.2) is 32.3 Å². The van der Waals surface area contributed by atoms with Crippen LogP contribution in [0.3, 0.4) is 0 Å². The number of halogens is 2. The summed E-state index contributed by atoms with van der Waals surface area (Å²) in [5.74, 6) is 0.648. The maximum absolute atomic E-state index is 13.0. The molecule has 3 aromatic rings. The van der Waals surface area contributed by atoms with Crippen molar-refractivity contribution < 1.29 is 9.59 Å². The summed E-state index contributed by atoms with van der Waals surface area (Å²) < 4.78 is 2.98. The first-order valence-electron chi connectivity index (χ1n) is 11.1. The molecule has 0 saturated carbocycles. The lowest BCUT2D eigenvalue weighted by molar-refractivity contribution is -0.113. The van der Waals surface area contributed by atoms with Gasteiger partial charge in [0.15, 0.2) is 11.0 Å². The highest BCUT2D eigenvalue weighted by Crippen LogP contribution is 2.26. The number of hydrogen-bond donors (Lipinski definition) is 2. The second-order valence-electron chi connectivity index (χ2n) is 8.22. The van der Waals surface area contributed by atoms with Gasteiger partial charge in [-0.15, -0.1) is 16.8 Å². The predicted molar refractivity (Wildman–Crippen MR) is 150 cm³/mol. The van der Waals surface area contributed by atoms with Crippen LogP contribution in [0.1, 0.15) is 42.5 Å². The van der Waals surface area contributed by atoms with Crippen LogP contribution in [0.4, 0.5) is 5.69 Å². The topological polar surface area (TPSA) is 88.9 Å². The van der Waals surface area contributed by atoms with Crippen LogP contribution in [0, 0.1) is 9.49 Å². The van der Waals surface area contributed by atoms with Crippen molar-refractivity contribution in [3.8, 4) is 0 Å². The molecule has 0 spiro atoms. The van der Waals surface area contributed by atoms with Gasteiger partial charge in [-0.1, -0.05) is 55.4 Å². The van der Waals surface area contributed by atoms with Crippen LogP contribution in [0.15, 0.2) is 66.3 Å². The number of anilines is 1. The summed E-state index contributed by atoms with van der Waals surface area (Å²) in [4.78, 5) is 25.5. The standard InChI is InChI=1S/C25H27ClIN5O2S/c1-4-13-32-23(21(14-16(2)3)29-24(34)19-7-5-6-8-20(19)26)30-31-25(32)35-15-22(33)28-18-11-9-17(27)10-12-18/h4-12,16,21H,1,13-15H2,2-3H3,(H,28,33)(H,29,34)/t21-/m1/s1. The molecule has 2 N–H and O–H groups in total. The second kappa shape index (κ2) is 13.1. The molecule has 0 aliphatic rings. The quantitative estimate of drug-likeness (QED) is 0.156. The van der Waals surface area contributed by atoms with Crippen LogP contribution in [0.2, 0.25) is 5.02 Å². The molecular formula is C25H27ClIN5O2S. The monoisotopic (exact) mass is 623 g/mol. The summed E-state index contributed by atoms with van der Waals surface area (Å²) in [5.41, 5.74) is 1.14. The van der Waals surface area contributed by atoms with E-state index in [2.05, 4.69) is 63.8 Å². The average molecular weight is 624 g/mol. The van der Waals surface area contributed by atoms with Crippen molar-refractivity contribution in [2.75, 3.05) is 11.1 Å². The second-order valence-corrected chi connectivity index (χ2v) is 10.8. The minimum atomic E-state index is -0.388. The molecule has 0 radical (unpaired) electrons. The largest absolute Gasteiger partial charge is 0.342 e. The summed E-state index contributed by atoms with van der Waals surface area (Å²) in [6.45, 7) is 8.44. The van der Waals surface area contributed by atoms with E-state index in [1.165, 1.54) is 11.8 Å². The van der Waals surface area contributed by atoms with E-state index in [0.29, 0.717) is 34.5 Å². The van der Waals surface area contributed by atoms with Crippen LogP contribution in [0.5, 0.6) is 0 Å². The summed E-state index contributed by atoms with van der Waals surface area (Å²) in [6.07, 6.45) is 2.40. The van der Waals surface area contributed by atoms with Gasteiger partial charge in [-0.05, 0) is 71.3 Å². The molecule has 1 aromatic heterocycles. The lowest BCUT2D eigenvalue weighted by atomic mass is 10.0. The molecule has 0 saturated heterocycles. The SMILES string of the molecule is C=CCn1c(SCC(=O)Nc2ccc(I)cc2)nnc1[C@@H](CC(C)C)NC(=O)c1ccccc1Cl. The summed E-state index contributed by atoms with van der Waals surface area (Å²) in [6, 6.07) is 14.1. The molecule has 0 aliphatic carbocycles. The van der Waals surface area contributed by atoms with E-state index in [-0.39, 0.29) is 29.5 Å². The fourth-order valence-corrected chi connectivity index (χ4v) is 4.74. The minimum Gasteiger partial charge on any atom is -0.342 e. The number of benzene rings is 2. The van der Waals surface area contributed by atoms with Crippen molar-refractivity contribution >= 4 is 63.5 Å². The van der Waals surface area contributed by atoms with E-state index >= 15 is 0 Å². The van der Waals surface area contributed by atoms with Gasteiger partial charge in [0, 0.05) is 15.8 Å². The Bertz CT molecular complexity index is 1180. The molecule has 0 bridgehead atoms. The molecule has 1 heterocycles. The molecule has 10 heteroatoms. The zero-order valence-corrected chi connectivity index (χ0v) is 23.2. The zero-order valence-electron chi connectivity index (χ0n) is 19.5. The Hall–Kier alpha value is -2.37. The van der Waals surface area contributed by atoms with Crippen LogP contribution in [-0.2, 0) is 11.3 Å². The Labute approximate surface area is 228 Å². The molecule has 2 aromatic carbocycles. The van der Waals surface area contributed by atoms with Gasteiger partial charge >= 0.3 is 0 Å². The minimum absolute atomic E-state index is 0.142. The maximum Gasteiger partial charge on any atom is 0.253 e. The van der Waals surface area contributed by atoms with Gasteiger partial charge in [-0.3, -0.25) is 9.59 Å². The first-order chi connectivity index (χ1) is 16.8. The highest BCUT2D eigenvalue weighted by atomic mass is 127. The average Bonchev–Trinajstić information content (AvgIpc) is 3.21. The third-order valence-corrected chi connectivity index (χ3v) is 6.98. The van der Waals surface area contributed by atoms with Crippen LogP contribution in [0.25, 0.3) is 0 Å². The van der Waals surface area contributed by atoms with Gasteiger partial charge in [0.05, 0.1) is 22.4 Å². The molecule has 1 atom stereocenters. The summed E-state index contributed by atoms with van der Waals surface area (Å²) >= 11 is 9.73. The van der Waals surface area contributed by atoms with E-state index in [4.69, 9.17) is 11.6 Å². The molecule has 35 heavy (non-hydrogen) atoms. The Morgan fingerprint density at radius 1 is 1.17 bits per heavy atom. The van der Waals surface area contributed by atoms with Gasteiger partial charge in [0.2, 0.25) is 5.91 Å². The van der Waals surface area contributed by atoms with Gasteiger partial charge in [0.1, 0.15) is 0 Å². The smallest absolute Gasteiger partial charge is 0.253 e. The molecule has 2 amide bonds. The van der Waals surface area contributed by atoms with Crippen molar-refractivity contribution in [1.82, 2.24) is 20.1 Å². The van der Waals surface area contributed by atoms with Crippen molar-refractivity contribution in [2.24, 2.45) is 5.92 Å². The number of carbonyl (C=O) groups excluding carboxylic acids is 2. The van der Waals surface area contributed by atoms with E-state index in [1.807, 2.05) is 28.8 Å². The highest BCUT2D eigenvalue weighted by Gasteiger charge is 2.25. The van der Waals surface area contributed by atoms with Crippen molar-refractivity contribution in [1.29, 1.82) is 0 Å². The Morgan fingerprint density at radius 3 is 2.54 bits per heavy atom. The fourth-order valence-electron chi connectivity index (χ4n) is 3.41. The number of carbonyl (C=O) groups is 2. The molecular weight excluding hydrogens is 597 g/mol. The number of nitrogens with one attached hydrogen (secondary N) is 2. The zero-order chi connectivity index (χ0) is 25.4. The third kappa shape index (κ3) is 7.81. The van der Waals surface area contributed by atoms with Gasteiger partial charge in [-0.25, -0.2) is 0 Å². The van der Waals surface area contributed by atoms with Gasteiger partial charge in [0.25, 0.3) is 5.91 Å². The van der Waals surface area contributed by atoms with Crippen molar-refractivity contribution in [2.45, 2.75) is 38.0 Å². The summed E-state index contributed by atoms with van der Waals surface area (Å²) in [5, 5.41) is 15.6. The fraction of sp³-hybridized carbons (Fsp3) is 0.280. The first-order valence-corrected chi connectivity index (χ1v) is 13.5. The molecule has 0 aliphatic heterocycles. The highest BCUT2D eigenvalue weighted by molar-refractivity contribution is 14.1.